The molecule has 3 aromatic heterocycles. The lowest BCUT2D eigenvalue weighted by atomic mass is 9.85. The molecule has 0 saturated carbocycles. The summed E-state index contributed by atoms with van der Waals surface area (Å²) in [6.07, 6.45) is 0.305. The first-order valence-corrected chi connectivity index (χ1v) is 24.0. The molecule has 1 saturated heterocycles. The predicted octanol–water partition coefficient (Wildman–Crippen LogP) is 7.59. The highest BCUT2D eigenvalue weighted by molar-refractivity contribution is 7.13. The van der Waals surface area contributed by atoms with Crippen LogP contribution in [-0.2, 0) is 40.1 Å². The summed E-state index contributed by atoms with van der Waals surface area (Å²) in [5.41, 5.74) is 3.43. The lowest BCUT2D eigenvalue weighted by Gasteiger charge is -2.35. The zero-order valence-corrected chi connectivity index (χ0v) is 40.7. The van der Waals surface area contributed by atoms with Gasteiger partial charge in [-0.2, -0.15) is 18.3 Å². The van der Waals surface area contributed by atoms with Crippen molar-refractivity contribution in [3.63, 3.8) is 0 Å². The van der Waals surface area contributed by atoms with Gasteiger partial charge in [0.15, 0.2) is 29.7 Å². The second kappa shape index (κ2) is 20.4. The van der Waals surface area contributed by atoms with Gasteiger partial charge in [-0.05, 0) is 79.1 Å². The first-order valence-electron chi connectivity index (χ1n) is 23.1. The molecular weight excluding hydrogens is 945 g/mol. The molecule has 1 fully saturated rings. The second-order valence-corrected chi connectivity index (χ2v) is 19.9. The van der Waals surface area contributed by atoms with Gasteiger partial charge in [-0.25, -0.2) is 14.4 Å². The molecule has 8 rings (SSSR count). The van der Waals surface area contributed by atoms with Crippen LogP contribution in [0, 0.1) is 24.1 Å². The van der Waals surface area contributed by atoms with Gasteiger partial charge in [0.2, 0.25) is 11.8 Å². The van der Waals surface area contributed by atoms with E-state index in [4.69, 9.17) is 9.47 Å². The number of thiazole rings is 1. The van der Waals surface area contributed by atoms with Gasteiger partial charge in [0.25, 0.3) is 5.91 Å². The molecule has 6 aromatic rings. The highest BCUT2D eigenvalue weighted by atomic mass is 32.1. The minimum Gasteiger partial charge on any atom is -0.491 e. The molecule has 0 bridgehead atoms. The number of alkyl halides is 3. The molecule has 3 N–H and O–H groups in total. The number of β-amino-alcohol motifs (C(OH)–C–C–N with tert-alkyl or cyclic N) is 1. The van der Waals surface area contributed by atoms with Crippen LogP contribution < -0.4 is 20.1 Å². The van der Waals surface area contributed by atoms with Crippen LogP contribution in [0.15, 0.2) is 85.0 Å². The summed E-state index contributed by atoms with van der Waals surface area (Å²) in [7, 11) is 0. The van der Waals surface area contributed by atoms with Crippen molar-refractivity contribution < 1.29 is 51.3 Å². The molecule has 0 aliphatic carbocycles. The van der Waals surface area contributed by atoms with Gasteiger partial charge in [0.1, 0.15) is 17.8 Å². The van der Waals surface area contributed by atoms with Gasteiger partial charge in [0, 0.05) is 55.8 Å². The average molecular weight is 999 g/mol. The molecule has 0 radical (unpaired) electrons. The van der Waals surface area contributed by atoms with Crippen molar-refractivity contribution in [2.45, 2.75) is 97.9 Å². The normalized spacial score (nSPS) is 17.9. The highest BCUT2D eigenvalue weighted by Gasteiger charge is 2.45. The van der Waals surface area contributed by atoms with Crippen molar-refractivity contribution in [2.75, 3.05) is 19.8 Å². The smallest absolute Gasteiger partial charge is 0.435 e. The van der Waals surface area contributed by atoms with Gasteiger partial charge in [-0.1, -0.05) is 51.1 Å². The van der Waals surface area contributed by atoms with Gasteiger partial charge < -0.3 is 34.7 Å². The molecule has 0 spiro atoms. The number of aryl methyl sites for hydroxylation is 2. The Morgan fingerprint density at radius 1 is 1.01 bits per heavy atom. The lowest BCUT2D eigenvalue weighted by Crippen LogP contribution is -2.58. The van der Waals surface area contributed by atoms with E-state index in [-0.39, 0.29) is 67.3 Å². The molecule has 15 nitrogen and oxygen atoms in total. The van der Waals surface area contributed by atoms with Gasteiger partial charge in [-0.15, -0.1) is 11.3 Å². The van der Waals surface area contributed by atoms with Crippen molar-refractivity contribution in [3.05, 3.63) is 124 Å². The minimum absolute atomic E-state index is 0.00230. The number of Topliss-reactive ketones (excluding diaryl/α,β-unsaturated/α-hetero) is 1. The zero-order valence-electron chi connectivity index (χ0n) is 39.9. The number of ether oxygens (including phenoxy) is 2. The number of halogens is 4. The number of aromatic nitrogens is 5. The maximum atomic E-state index is 15.3. The van der Waals surface area contributed by atoms with Crippen molar-refractivity contribution >= 4 is 34.8 Å². The molecule has 3 aromatic carbocycles. The Kier molecular flexibility index (Phi) is 14.5. The SMILES string of the molecule is CCn1cc(-c2cc(Cn3ccnc3)cc3c2OC[C@H](Cc2ccc(F)c(OCC(=O)N[C@H](C(=O)N4C[C@H](O)C[C@H]4C(=O)N[C@@H](C)c4ccc(-c5scnc5C)cc4)C(C)(C)C)c2)C3=O)c(C(F)(F)F)n1. The van der Waals surface area contributed by atoms with Crippen LogP contribution in [0.1, 0.15) is 85.5 Å². The van der Waals surface area contributed by atoms with E-state index in [1.807, 2.05) is 38.1 Å². The number of benzene rings is 3. The van der Waals surface area contributed by atoms with Gasteiger partial charge in [-0.3, -0.25) is 23.9 Å². The number of rotatable bonds is 15. The standard InChI is InChI=1S/C51H54F4N8O7S/c1-7-62-23-38(46(60-62)51(53,54)55)36-17-31(21-61-15-14-56-26-61)18-37-43(66)34(24-70-44(36)37)16-30-8-13-39(52)41(19-30)69-25-42(65)59-47(50(4,5)6)49(68)63-22-35(64)20-40(63)48(67)58-28(2)32-9-11-33(12-10-32)45-29(3)57-27-71-45/h8-15,17-19,23,26-28,34-35,40,47,64H,7,16,20-22,24-25H2,1-6H3,(H,58,67)(H,59,65)/t28-,34-,35+,40-,47+/m0/s1. The van der Waals surface area contributed by atoms with E-state index in [1.165, 1.54) is 39.2 Å². The summed E-state index contributed by atoms with van der Waals surface area (Å²) in [6.45, 7) is 9.95. The van der Waals surface area contributed by atoms with Gasteiger partial charge >= 0.3 is 6.18 Å². The summed E-state index contributed by atoms with van der Waals surface area (Å²) in [4.78, 5) is 66.5. The Morgan fingerprint density at radius 3 is 2.42 bits per heavy atom. The molecule has 20 heteroatoms. The Bertz CT molecular complexity index is 2930. The molecule has 374 valence electrons. The van der Waals surface area contributed by atoms with E-state index in [1.54, 1.807) is 68.6 Å². The monoisotopic (exact) mass is 998 g/mol. The van der Waals surface area contributed by atoms with E-state index in [0.717, 1.165) is 27.8 Å². The van der Waals surface area contributed by atoms with E-state index in [9.17, 15) is 37.5 Å². The lowest BCUT2D eigenvalue weighted by molar-refractivity contribution is -0.144. The van der Waals surface area contributed by atoms with Crippen molar-refractivity contribution in [3.8, 4) is 33.1 Å². The fourth-order valence-corrected chi connectivity index (χ4v) is 9.77. The van der Waals surface area contributed by atoms with E-state index < -0.39 is 83.4 Å². The third kappa shape index (κ3) is 11.2. The number of imidazole rings is 1. The summed E-state index contributed by atoms with van der Waals surface area (Å²) in [5.74, 6) is -4.15. The first-order chi connectivity index (χ1) is 33.7. The molecule has 5 heterocycles. The fraction of sp³-hybridized carbons (Fsp3) is 0.392. The zero-order chi connectivity index (χ0) is 50.9. The van der Waals surface area contributed by atoms with Crippen molar-refractivity contribution in [1.29, 1.82) is 0 Å². The van der Waals surface area contributed by atoms with Crippen LogP contribution in [-0.4, -0.2) is 95.8 Å². The Morgan fingerprint density at radius 2 is 1.76 bits per heavy atom. The number of hydrogen-bond acceptors (Lipinski definition) is 11. The van der Waals surface area contributed by atoms with Crippen LogP contribution in [0.4, 0.5) is 17.6 Å². The molecular formula is C51H54F4N8O7S. The van der Waals surface area contributed by atoms with E-state index >= 15 is 4.39 Å². The number of nitrogens with one attached hydrogen (secondary N) is 2. The topological polar surface area (TPSA) is 183 Å². The number of likely N-dealkylation sites (tertiary alicyclic amines) is 1. The molecule has 5 atom stereocenters. The van der Waals surface area contributed by atoms with Crippen LogP contribution in [0.2, 0.25) is 0 Å². The van der Waals surface area contributed by atoms with Crippen LogP contribution in [0.25, 0.3) is 21.6 Å². The summed E-state index contributed by atoms with van der Waals surface area (Å²) < 4.78 is 72.9. The van der Waals surface area contributed by atoms with E-state index in [0.29, 0.717) is 11.1 Å². The molecule has 2 aliphatic rings. The summed E-state index contributed by atoms with van der Waals surface area (Å²) in [5, 5.41) is 20.2. The number of ketones is 1. The largest absolute Gasteiger partial charge is 0.491 e. The number of hydrogen-bond donors (Lipinski definition) is 3. The number of nitrogens with zero attached hydrogens (tertiary/aromatic N) is 6. The van der Waals surface area contributed by atoms with Crippen molar-refractivity contribution in [2.24, 2.45) is 11.3 Å². The molecule has 0 unspecified atom stereocenters. The maximum Gasteiger partial charge on any atom is 0.435 e. The quantitative estimate of drug-likeness (QED) is 0.0868. The maximum absolute atomic E-state index is 15.3. The fourth-order valence-electron chi connectivity index (χ4n) is 8.96. The highest BCUT2D eigenvalue weighted by Crippen LogP contribution is 2.44. The Hall–Kier alpha value is -6.93. The Labute approximate surface area is 411 Å². The molecule has 2 aliphatic heterocycles. The number of aliphatic hydroxyl groups excluding tert-OH is 1. The van der Waals surface area contributed by atoms with Gasteiger partial charge in [0.05, 0.1) is 52.6 Å². The number of carbonyl (C=O) groups excluding carboxylic acids is 4. The number of amides is 3. The first kappa shape index (κ1) is 50.5. The van der Waals surface area contributed by atoms with E-state index in [2.05, 4.69) is 25.7 Å². The second-order valence-electron chi connectivity index (χ2n) is 19.0. The number of fused-ring (bicyclic) bond motifs is 1. The van der Waals surface area contributed by atoms with Crippen LogP contribution in [0.3, 0.4) is 0 Å². The molecule has 71 heavy (non-hydrogen) atoms. The molecule has 3 amide bonds. The summed E-state index contributed by atoms with van der Waals surface area (Å²) in [6, 6.07) is 12.2. The van der Waals surface area contributed by atoms with Crippen molar-refractivity contribution in [1.82, 2.24) is 39.8 Å². The average Bonchev–Trinajstić information content (AvgIpc) is 4.17. The summed E-state index contributed by atoms with van der Waals surface area (Å²) >= 11 is 1.54. The van der Waals surface area contributed by atoms with Crippen LogP contribution in [0.5, 0.6) is 11.5 Å². The third-order valence-corrected chi connectivity index (χ3v) is 13.7. The Balaban J connectivity index is 0.932. The minimum atomic E-state index is -4.79. The third-order valence-electron chi connectivity index (χ3n) is 12.7. The number of carbonyl (C=O) groups is 4. The number of aliphatic hydroxyl groups is 1. The van der Waals surface area contributed by atoms with Crippen LogP contribution >= 0.6 is 11.3 Å². The predicted molar refractivity (Wildman–Crippen MR) is 255 cm³/mol.